The van der Waals surface area contributed by atoms with E-state index in [9.17, 15) is 9.59 Å². The van der Waals surface area contributed by atoms with Crippen LogP contribution < -0.4 is 10.6 Å². The highest BCUT2D eigenvalue weighted by Gasteiger charge is 2.10. The van der Waals surface area contributed by atoms with Crippen molar-refractivity contribution in [1.82, 2.24) is 5.32 Å². The largest absolute Gasteiger partial charge is 0.478 e. The monoisotopic (exact) mass is 348 g/mol. The Labute approximate surface area is 143 Å². The minimum Gasteiger partial charge on any atom is -0.478 e. The second-order valence-corrected chi connectivity index (χ2v) is 5.57. The van der Waals surface area contributed by atoms with Crippen LogP contribution in [0.2, 0.25) is 5.02 Å². The van der Waals surface area contributed by atoms with Gasteiger partial charge in [-0.3, -0.25) is 10.1 Å². The summed E-state index contributed by atoms with van der Waals surface area (Å²) >= 11 is 11.1. The number of rotatable bonds is 3. The van der Waals surface area contributed by atoms with E-state index in [4.69, 9.17) is 28.9 Å². The van der Waals surface area contributed by atoms with E-state index in [2.05, 4.69) is 10.6 Å². The van der Waals surface area contributed by atoms with E-state index in [1.54, 1.807) is 30.3 Å². The van der Waals surface area contributed by atoms with Gasteiger partial charge in [0.1, 0.15) is 0 Å². The Morgan fingerprint density at radius 3 is 2.26 bits per heavy atom. The minimum atomic E-state index is -1.01. The van der Waals surface area contributed by atoms with Gasteiger partial charge in [0.2, 0.25) is 0 Å². The van der Waals surface area contributed by atoms with E-state index in [1.165, 1.54) is 12.1 Å². The number of carbonyl (C=O) groups is 2. The lowest BCUT2D eigenvalue weighted by atomic mass is 10.1. The summed E-state index contributed by atoms with van der Waals surface area (Å²) in [5, 5.41) is 14.8. The SMILES string of the molecule is Cc1ccc(C(=O)NC(=S)Nc2ccc(C(=O)O)cc2)cc1Cl. The average Bonchev–Trinajstić information content (AvgIpc) is 2.50. The van der Waals surface area contributed by atoms with Crippen LogP contribution in [0.25, 0.3) is 0 Å². The maximum Gasteiger partial charge on any atom is 0.335 e. The molecule has 3 N–H and O–H groups in total. The molecule has 0 unspecified atom stereocenters. The number of aryl methyl sites for hydroxylation is 1. The summed E-state index contributed by atoms with van der Waals surface area (Å²) in [5.74, 6) is -1.39. The molecular formula is C16H13ClN2O3S. The quantitative estimate of drug-likeness (QED) is 0.740. The molecule has 0 aromatic heterocycles. The second kappa shape index (κ2) is 7.21. The van der Waals surface area contributed by atoms with Crippen LogP contribution in [0.4, 0.5) is 5.69 Å². The Morgan fingerprint density at radius 1 is 1.09 bits per heavy atom. The van der Waals surface area contributed by atoms with E-state index in [0.717, 1.165) is 5.56 Å². The summed E-state index contributed by atoms with van der Waals surface area (Å²) in [6, 6.07) is 11.0. The highest BCUT2D eigenvalue weighted by atomic mass is 35.5. The van der Waals surface area contributed by atoms with Crippen LogP contribution in [-0.2, 0) is 0 Å². The molecule has 0 radical (unpaired) electrons. The number of carboxylic acids is 1. The van der Waals surface area contributed by atoms with Crippen molar-refractivity contribution in [3.8, 4) is 0 Å². The Morgan fingerprint density at radius 2 is 1.70 bits per heavy atom. The Kier molecular flexibility index (Phi) is 5.31. The third-order valence-corrected chi connectivity index (χ3v) is 3.66. The molecule has 0 aliphatic heterocycles. The number of aromatic carboxylic acids is 1. The summed E-state index contributed by atoms with van der Waals surface area (Å²) in [6.45, 7) is 1.84. The van der Waals surface area contributed by atoms with Crippen molar-refractivity contribution < 1.29 is 14.7 Å². The van der Waals surface area contributed by atoms with Crippen LogP contribution in [0.15, 0.2) is 42.5 Å². The van der Waals surface area contributed by atoms with Gasteiger partial charge in [0, 0.05) is 16.3 Å². The maximum absolute atomic E-state index is 12.1. The molecule has 0 aliphatic carbocycles. The fourth-order valence-electron chi connectivity index (χ4n) is 1.77. The molecule has 2 aromatic carbocycles. The van der Waals surface area contributed by atoms with Gasteiger partial charge in [-0.1, -0.05) is 17.7 Å². The van der Waals surface area contributed by atoms with E-state index in [1.807, 2.05) is 6.92 Å². The standard InChI is InChI=1S/C16H13ClN2O3S/c1-9-2-3-11(8-13(9)17)14(20)19-16(23)18-12-6-4-10(5-7-12)15(21)22/h2-8H,1H3,(H,21,22)(H2,18,19,20,23). The molecule has 5 nitrogen and oxygen atoms in total. The number of benzene rings is 2. The topological polar surface area (TPSA) is 78.4 Å². The zero-order chi connectivity index (χ0) is 17.0. The number of thiocarbonyl (C=S) groups is 1. The van der Waals surface area contributed by atoms with Gasteiger partial charge in [-0.2, -0.15) is 0 Å². The van der Waals surface area contributed by atoms with E-state index < -0.39 is 5.97 Å². The molecule has 2 rings (SSSR count). The molecule has 0 fully saturated rings. The lowest BCUT2D eigenvalue weighted by Crippen LogP contribution is -2.34. The molecule has 23 heavy (non-hydrogen) atoms. The first-order valence-electron chi connectivity index (χ1n) is 6.58. The van der Waals surface area contributed by atoms with Crippen LogP contribution in [0.1, 0.15) is 26.3 Å². The molecule has 0 heterocycles. The Bertz CT molecular complexity index is 775. The fourth-order valence-corrected chi connectivity index (χ4v) is 2.16. The van der Waals surface area contributed by atoms with E-state index in [0.29, 0.717) is 16.3 Å². The first kappa shape index (κ1) is 16.9. The molecule has 2 aromatic rings. The smallest absolute Gasteiger partial charge is 0.335 e. The van der Waals surface area contributed by atoms with Crippen molar-refractivity contribution in [3.63, 3.8) is 0 Å². The second-order valence-electron chi connectivity index (χ2n) is 4.75. The number of carbonyl (C=O) groups excluding carboxylic acids is 1. The molecule has 1 amide bonds. The van der Waals surface area contributed by atoms with Gasteiger partial charge in [0.05, 0.1) is 5.56 Å². The molecule has 7 heteroatoms. The van der Waals surface area contributed by atoms with Crippen molar-refractivity contribution in [1.29, 1.82) is 0 Å². The highest BCUT2D eigenvalue weighted by molar-refractivity contribution is 7.80. The molecule has 0 spiro atoms. The number of carboxylic acid groups (broad SMARTS) is 1. The van der Waals surface area contributed by atoms with Gasteiger partial charge in [-0.05, 0) is 61.1 Å². The van der Waals surface area contributed by atoms with Crippen LogP contribution in [0.3, 0.4) is 0 Å². The van der Waals surface area contributed by atoms with Gasteiger partial charge >= 0.3 is 5.97 Å². The summed E-state index contributed by atoms with van der Waals surface area (Å²) in [4.78, 5) is 22.9. The third kappa shape index (κ3) is 4.51. The number of halogens is 1. The molecule has 0 aliphatic rings. The molecule has 118 valence electrons. The molecule has 0 saturated carbocycles. The van der Waals surface area contributed by atoms with Crippen molar-refractivity contribution in [2.45, 2.75) is 6.92 Å². The number of nitrogens with one attached hydrogen (secondary N) is 2. The average molecular weight is 349 g/mol. The van der Waals surface area contributed by atoms with E-state index in [-0.39, 0.29) is 16.6 Å². The van der Waals surface area contributed by atoms with Crippen LogP contribution in [0.5, 0.6) is 0 Å². The summed E-state index contributed by atoms with van der Waals surface area (Å²) in [5.41, 5.74) is 2.01. The number of hydrogen-bond donors (Lipinski definition) is 3. The summed E-state index contributed by atoms with van der Waals surface area (Å²) < 4.78 is 0. The molecule has 0 bridgehead atoms. The number of amides is 1. The lowest BCUT2D eigenvalue weighted by Gasteiger charge is -2.10. The summed E-state index contributed by atoms with van der Waals surface area (Å²) in [7, 11) is 0. The van der Waals surface area contributed by atoms with Gasteiger partial charge in [-0.15, -0.1) is 0 Å². The van der Waals surface area contributed by atoms with Crippen molar-refractivity contribution in [2.24, 2.45) is 0 Å². The molecule has 0 atom stereocenters. The van der Waals surface area contributed by atoms with Crippen molar-refractivity contribution in [2.75, 3.05) is 5.32 Å². The van der Waals surface area contributed by atoms with Gasteiger partial charge in [0.15, 0.2) is 5.11 Å². The Balaban J connectivity index is 1.99. The van der Waals surface area contributed by atoms with Crippen LogP contribution in [-0.4, -0.2) is 22.1 Å². The normalized spacial score (nSPS) is 10.0. The lowest BCUT2D eigenvalue weighted by molar-refractivity contribution is 0.0696. The predicted molar refractivity (Wildman–Crippen MR) is 93.3 cm³/mol. The van der Waals surface area contributed by atoms with Crippen LogP contribution in [0, 0.1) is 6.92 Å². The van der Waals surface area contributed by atoms with Gasteiger partial charge < -0.3 is 10.4 Å². The minimum absolute atomic E-state index is 0.106. The first-order valence-corrected chi connectivity index (χ1v) is 7.37. The van der Waals surface area contributed by atoms with Crippen molar-refractivity contribution in [3.05, 3.63) is 64.2 Å². The van der Waals surface area contributed by atoms with Gasteiger partial charge in [-0.25, -0.2) is 4.79 Å². The molecule has 0 saturated heterocycles. The maximum atomic E-state index is 12.1. The zero-order valence-electron chi connectivity index (χ0n) is 12.1. The third-order valence-electron chi connectivity index (χ3n) is 3.05. The first-order chi connectivity index (χ1) is 10.9. The Hall–Kier alpha value is -2.44. The number of hydrogen-bond acceptors (Lipinski definition) is 3. The van der Waals surface area contributed by atoms with Crippen molar-refractivity contribution >= 4 is 46.5 Å². The predicted octanol–water partition coefficient (Wildman–Crippen LogP) is 3.47. The molecular weight excluding hydrogens is 336 g/mol. The fraction of sp³-hybridized carbons (Fsp3) is 0.0625. The van der Waals surface area contributed by atoms with E-state index >= 15 is 0 Å². The van der Waals surface area contributed by atoms with Gasteiger partial charge in [0.25, 0.3) is 5.91 Å². The zero-order valence-corrected chi connectivity index (χ0v) is 13.7. The summed E-state index contributed by atoms with van der Waals surface area (Å²) in [6.07, 6.45) is 0. The van der Waals surface area contributed by atoms with Crippen LogP contribution >= 0.6 is 23.8 Å². The highest BCUT2D eigenvalue weighted by Crippen LogP contribution is 2.16. The number of anilines is 1.